The van der Waals surface area contributed by atoms with E-state index in [0.29, 0.717) is 14.8 Å². The Hall–Kier alpha value is -2.68. The molecule has 1 aliphatic rings. The topological polar surface area (TPSA) is 86.7 Å². The maximum atomic E-state index is 12.8. The number of amides is 4. The molecular weight excluding hydrogens is 447 g/mol. The van der Waals surface area contributed by atoms with Crippen LogP contribution in [0, 0.1) is 3.57 Å². The summed E-state index contributed by atoms with van der Waals surface area (Å²) in [5.41, 5.74) is 1.89. The van der Waals surface area contributed by atoms with Crippen molar-refractivity contribution < 1.29 is 19.5 Å². The number of hydrogen-bond acceptors (Lipinski definition) is 4. The van der Waals surface area contributed by atoms with Gasteiger partial charge in [0.25, 0.3) is 11.8 Å². The highest BCUT2D eigenvalue weighted by Crippen LogP contribution is 2.25. The van der Waals surface area contributed by atoms with E-state index in [1.54, 1.807) is 24.3 Å². The molecule has 0 bridgehead atoms. The second-order valence-electron chi connectivity index (χ2n) is 5.69. The highest BCUT2D eigenvalue weighted by Gasteiger charge is 2.36. The lowest BCUT2D eigenvalue weighted by molar-refractivity contribution is -0.122. The fraction of sp³-hybridized carbons (Fsp3) is 0.105. The summed E-state index contributed by atoms with van der Waals surface area (Å²) >= 11 is 1.95. The second-order valence-corrected chi connectivity index (χ2v) is 6.85. The van der Waals surface area contributed by atoms with Gasteiger partial charge in [0.2, 0.25) is 0 Å². The molecule has 26 heavy (non-hydrogen) atoms. The van der Waals surface area contributed by atoms with Crippen molar-refractivity contribution in [2.24, 2.45) is 0 Å². The SMILES string of the molecule is CCc1ccc(N2C(=O)NC(=O)/C(=C/c3ccc(O)c(I)c3)C2=O)cc1. The summed E-state index contributed by atoms with van der Waals surface area (Å²) in [6.07, 6.45) is 2.24. The molecule has 1 fully saturated rings. The Balaban J connectivity index is 1.99. The molecule has 1 saturated heterocycles. The summed E-state index contributed by atoms with van der Waals surface area (Å²) in [5.74, 6) is -1.32. The first-order valence-electron chi connectivity index (χ1n) is 7.89. The Kier molecular flexibility index (Phi) is 5.08. The number of nitrogens with zero attached hydrogens (tertiary/aromatic N) is 1. The molecule has 3 rings (SSSR count). The largest absolute Gasteiger partial charge is 0.507 e. The third-order valence-corrected chi connectivity index (χ3v) is 4.85. The molecule has 0 saturated carbocycles. The fourth-order valence-electron chi connectivity index (χ4n) is 2.55. The minimum Gasteiger partial charge on any atom is -0.507 e. The van der Waals surface area contributed by atoms with Gasteiger partial charge in [-0.3, -0.25) is 14.9 Å². The van der Waals surface area contributed by atoms with Gasteiger partial charge in [0.05, 0.1) is 9.26 Å². The van der Waals surface area contributed by atoms with Crippen LogP contribution in [0.25, 0.3) is 6.08 Å². The molecule has 0 radical (unpaired) electrons. The number of rotatable bonds is 3. The summed E-state index contributed by atoms with van der Waals surface area (Å²) in [5, 5.41) is 11.8. The number of aromatic hydroxyl groups is 1. The van der Waals surface area contributed by atoms with Crippen molar-refractivity contribution in [1.82, 2.24) is 5.32 Å². The molecule has 2 N–H and O–H groups in total. The number of halogens is 1. The van der Waals surface area contributed by atoms with E-state index in [2.05, 4.69) is 5.32 Å². The molecular formula is C19H15IN2O4. The van der Waals surface area contributed by atoms with E-state index in [-0.39, 0.29) is 11.3 Å². The van der Waals surface area contributed by atoms with Crippen LogP contribution in [0.2, 0.25) is 0 Å². The number of phenols is 1. The van der Waals surface area contributed by atoms with Gasteiger partial charge in [-0.05, 0) is 70.5 Å². The van der Waals surface area contributed by atoms with Gasteiger partial charge < -0.3 is 5.11 Å². The number of carbonyl (C=O) groups is 3. The number of barbiturate groups is 1. The van der Waals surface area contributed by atoms with Gasteiger partial charge in [-0.15, -0.1) is 0 Å². The molecule has 6 nitrogen and oxygen atoms in total. The molecule has 1 aliphatic heterocycles. The van der Waals surface area contributed by atoms with E-state index < -0.39 is 17.8 Å². The number of anilines is 1. The van der Waals surface area contributed by atoms with Gasteiger partial charge in [0.1, 0.15) is 11.3 Å². The van der Waals surface area contributed by atoms with Gasteiger partial charge in [-0.2, -0.15) is 0 Å². The van der Waals surface area contributed by atoms with E-state index >= 15 is 0 Å². The van der Waals surface area contributed by atoms with E-state index in [0.717, 1.165) is 16.9 Å². The summed E-state index contributed by atoms with van der Waals surface area (Å²) in [4.78, 5) is 38.1. The molecule has 0 spiro atoms. The average molecular weight is 462 g/mol. The van der Waals surface area contributed by atoms with Crippen LogP contribution >= 0.6 is 22.6 Å². The number of hydrogen-bond donors (Lipinski definition) is 2. The lowest BCUT2D eigenvalue weighted by atomic mass is 10.1. The van der Waals surface area contributed by atoms with Crippen molar-refractivity contribution in [3.05, 3.63) is 62.7 Å². The third kappa shape index (κ3) is 3.48. The molecule has 0 aliphatic carbocycles. The molecule has 7 heteroatoms. The van der Waals surface area contributed by atoms with E-state index in [9.17, 15) is 19.5 Å². The predicted octanol–water partition coefficient (Wildman–Crippen LogP) is 3.23. The van der Waals surface area contributed by atoms with Crippen LogP contribution < -0.4 is 10.2 Å². The smallest absolute Gasteiger partial charge is 0.335 e. The van der Waals surface area contributed by atoms with Crippen LogP contribution in [0.15, 0.2) is 48.0 Å². The van der Waals surface area contributed by atoms with Crippen LogP contribution in [0.4, 0.5) is 10.5 Å². The van der Waals surface area contributed by atoms with Crippen LogP contribution in [0.5, 0.6) is 5.75 Å². The number of benzene rings is 2. The zero-order valence-electron chi connectivity index (χ0n) is 13.8. The molecule has 4 amide bonds. The molecule has 2 aromatic carbocycles. The third-order valence-electron chi connectivity index (χ3n) is 3.99. The number of aryl methyl sites for hydroxylation is 1. The van der Waals surface area contributed by atoms with Crippen molar-refractivity contribution in [3.63, 3.8) is 0 Å². The van der Waals surface area contributed by atoms with Crippen LogP contribution in [0.1, 0.15) is 18.1 Å². The van der Waals surface area contributed by atoms with Crippen LogP contribution in [-0.2, 0) is 16.0 Å². The first-order chi connectivity index (χ1) is 12.4. The Morgan fingerprint density at radius 1 is 1.12 bits per heavy atom. The summed E-state index contributed by atoms with van der Waals surface area (Å²) < 4.78 is 0.587. The first-order valence-corrected chi connectivity index (χ1v) is 8.97. The Bertz CT molecular complexity index is 935. The number of urea groups is 1. The monoisotopic (exact) mass is 462 g/mol. The molecule has 1 heterocycles. The number of imide groups is 2. The van der Waals surface area contributed by atoms with E-state index in [4.69, 9.17) is 0 Å². The van der Waals surface area contributed by atoms with E-state index in [1.165, 1.54) is 12.1 Å². The zero-order valence-corrected chi connectivity index (χ0v) is 16.0. The molecule has 0 aromatic heterocycles. The lowest BCUT2D eigenvalue weighted by Crippen LogP contribution is -2.54. The van der Waals surface area contributed by atoms with Crippen LogP contribution in [-0.4, -0.2) is 23.0 Å². The van der Waals surface area contributed by atoms with E-state index in [1.807, 2.05) is 41.6 Å². The minimum absolute atomic E-state index is 0.111. The fourth-order valence-corrected chi connectivity index (χ4v) is 3.09. The molecule has 132 valence electrons. The maximum absolute atomic E-state index is 12.8. The van der Waals surface area contributed by atoms with Crippen molar-refractivity contribution in [3.8, 4) is 5.75 Å². The molecule has 0 unspecified atom stereocenters. The predicted molar refractivity (Wildman–Crippen MR) is 106 cm³/mol. The van der Waals surface area contributed by atoms with Gasteiger partial charge in [0.15, 0.2) is 0 Å². The lowest BCUT2D eigenvalue weighted by Gasteiger charge is -2.26. The highest BCUT2D eigenvalue weighted by atomic mass is 127. The Labute approximate surface area is 163 Å². The normalized spacial score (nSPS) is 16.2. The molecule has 0 atom stereocenters. The number of carbonyl (C=O) groups excluding carboxylic acids is 3. The summed E-state index contributed by atoms with van der Waals surface area (Å²) in [6.45, 7) is 2.01. The van der Waals surface area contributed by atoms with Gasteiger partial charge in [0, 0.05) is 0 Å². The summed E-state index contributed by atoms with van der Waals surface area (Å²) in [6, 6.07) is 10.9. The quantitative estimate of drug-likeness (QED) is 0.417. The standard InChI is InChI=1S/C19H15IN2O4/c1-2-11-3-6-13(7-4-11)22-18(25)14(17(24)21-19(22)26)9-12-5-8-16(23)15(20)10-12/h3-10,23H,2H2,1H3,(H,21,24,26)/b14-9-. The summed E-state index contributed by atoms with van der Waals surface area (Å²) in [7, 11) is 0. The Morgan fingerprint density at radius 3 is 2.42 bits per heavy atom. The molecule has 2 aromatic rings. The minimum atomic E-state index is -0.776. The average Bonchev–Trinajstić information content (AvgIpc) is 2.62. The first kappa shape index (κ1) is 18.1. The van der Waals surface area contributed by atoms with Gasteiger partial charge in [-0.25, -0.2) is 9.69 Å². The zero-order chi connectivity index (χ0) is 18.8. The second kappa shape index (κ2) is 7.28. The number of nitrogens with one attached hydrogen (secondary N) is 1. The Morgan fingerprint density at radius 2 is 1.81 bits per heavy atom. The van der Waals surface area contributed by atoms with Crippen molar-refractivity contribution in [2.45, 2.75) is 13.3 Å². The van der Waals surface area contributed by atoms with Gasteiger partial charge in [-0.1, -0.05) is 25.1 Å². The van der Waals surface area contributed by atoms with Crippen molar-refractivity contribution >= 4 is 52.2 Å². The van der Waals surface area contributed by atoms with Crippen molar-refractivity contribution in [1.29, 1.82) is 0 Å². The number of phenolic OH excluding ortho intramolecular Hbond substituents is 1. The van der Waals surface area contributed by atoms with Crippen LogP contribution in [0.3, 0.4) is 0 Å². The maximum Gasteiger partial charge on any atom is 0.335 e. The van der Waals surface area contributed by atoms with Crippen molar-refractivity contribution in [2.75, 3.05) is 4.90 Å². The van der Waals surface area contributed by atoms with Gasteiger partial charge >= 0.3 is 6.03 Å². The highest BCUT2D eigenvalue weighted by molar-refractivity contribution is 14.1.